The maximum absolute atomic E-state index is 12.7. The standard InChI is InChI=1S/C17H13F3N2O5S/c1-27-16(24)10-2-5-12(6-3-10)21-15(23)9-28-14-7-4-11(17(18,19)20)8-13(14)22(25)26/h2-8H,9H2,1H3,(H,21,23). The monoisotopic (exact) mass is 414 g/mol. The van der Waals surface area contributed by atoms with Crippen molar-refractivity contribution in [2.45, 2.75) is 11.1 Å². The van der Waals surface area contributed by atoms with Crippen LogP contribution in [0, 0.1) is 10.1 Å². The molecule has 0 aromatic heterocycles. The van der Waals surface area contributed by atoms with Gasteiger partial charge in [0.05, 0.1) is 33.8 Å². The number of carbonyl (C=O) groups is 2. The summed E-state index contributed by atoms with van der Waals surface area (Å²) in [6.45, 7) is 0. The van der Waals surface area contributed by atoms with Crippen molar-refractivity contribution in [2.75, 3.05) is 18.2 Å². The molecule has 1 N–H and O–H groups in total. The third-order valence-corrected chi connectivity index (χ3v) is 4.49. The molecule has 2 aromatic rings. The number of nitro groups is 1. The highest BCUT2D eigenvalue weighted by Gasteiger charge is 2.33. The Balaban J connectivity index is 2.04. The molecule has 7 nitrogen and oxygen atoms in total. The molecule has 0 bridgehead atoms. The van der Waals surface area contributed by atoms with E-state index in [1.165, 1.54) is 31.4 Å². The number of esters is 1. The van der Waals surface area contributed by atoms with Crippen molar-refractivity contribution in [3.8, 4) is 0 Å². The SMILES string of the molecule is COC(=O)c1ccc(NC(=O)CSc2ccc(C(F)(F)F)cc2[N+](=O)[O-])cc1. The molecule has 0 radical (unpaired) electrons. The number of methoxy groups -OCH3 is 1. The van der Waals surface area contributed by atoms with Crippen LogP contribution in [0.5, 0.6) is 0 Å². The maximum Gasteiger partial charge on any atom is 0.416 e. The van der Waals surface area contributed by atoms with Crippen molar-refractivity contribution in [1.29, 1.82) is 0 Å². The average Bonchev–Trinajstić information content (AvgIpc) is 2.65. The molecule has 0 aliphatic rings. The van der Waals surface area contributed by atoms with Gasteiger partial charge in [-0.05, 0) is 36.4 Å². The van der Waals surface area contributed by atoms with Gasteiger partial charge in [0.2, 0.25) is 5.91 Å². The van der Waals surface area contributed by atoms with E-state index < -0.39 is 34.2 Å². The van der Waals surface area contributed by atoms with Crippen LogP contribution in [0.15, 0.2) is 47.4 Å². The highest BCUT2D eigenvalue weighted by Crippen LogP contribution is 2.36. The summed E-state index contributed by atoms with van der Waals surface area (Å²) in [6.07, 6.45) is -4.71. The largest absolute Gasteiger partial charge is 0.465 e. The van der Waals surface area contributed by atoms with Crippen LogP contribution < -0.4 is 5.32 Å². The minimum Gasteiger partial charge on any atom is -0.465 e. The number of halogens is 3. The molecule has 0 aliphatic heterocycles. The van der Waals surface area contributed by atoms with Crippen molar-refractivity contribution in [1.82, 2.24) is 0 Å². The van der Waals surface area contributed by atoms with Crippen molar-refractivity contribution in [2.24, 2.45) is 0 Å². The van der Waals surface area contributed by atoms with Gasteiger partial charge in [-0.2, -0.15) is 13.2 Å². The minimum atomic E-state index is -4.71. The second-order valence-electron chi connectivity index (χ2n) is 5.34. The number of nitrogens with one attached hydrogen (secondary N) is 1. The van der Waals surface area contributed by atoms with Gasteiger partial charge < -0.3 is 10.1 Å². The molecule has 0 fully saturated rings. The Morgan fingerprint density at radius 3 is 2.36 bits per heavy atom. The van der Waals surface area contributed by atoms with Gasteiger partial charge in [-0.1, -0.05) is 0 Å². The summed E-state index contributed by atoms with van der Waals surface area (Å²) in [4.78, 5) is 33.4. The van der Waals surface area contributed by atoms with E-state index in [-0.39, 0.29) is 16.2 Å². The van der Waals surface area contributed by atoms with Crippen LogP contribution in [-0.4, -0.2) is 29.7 Å². The molecule has 0 saturated carbocycles. The van der Waals surface area contributed by atoms with Crippen LogP contribution in [0.2, 0.25) is 0 Å². The molecule has 0 unspecified atom stereocenters. The predicted molar refractivity (Wildman–Crippen MR) is 95.2 cm³/mol. The van der Waals surface area contributed by atoms with Crippen molar-refractivity contribution in [3.63, 3.8) is 0 Å². The lowest BCUT2D eigenvalue weighted by Gasteiger charge is -2.09. The number of hydrogen-bond donors (Lipinski definition) is 1. The summed E-state index contributed by atoms with van der Waals surface area (Å²) >= 11 is 0.739. The number of alkyl halides is 3. The number of thioether (sulfide) groups is 1. The van der Waals surface area contributed by atoms with E-state index in [9.17, 15) is 32.9 Å². The number of anilines is 1. The number of nitrogens with zero attached hydrogens (tertiary/aromatic N) is 1. The van der Waals surface area contributed by atoms with Gasteiger partial charge in [0.1, 0.15) is 0 Å². The average molecular weight is 414 g/mol. The number of benzene rings is 2. The highest BCUT2D eigenvalue weighted by molar-refractivity contribution is 8.00. The minimum absolute atomic E-state index is 0.0609. The van der Waals surface area contributed by atoms with Gasteiger partial charge in [-0.3, -0.25) is 14.9 Å². The summed E-state index contributed by atoms with van der Waals surface area (Å²) in [5.41, 5.74) is -1.20. The second-order valence-corrected chi connectivity index (χ2v) is 6.36. The molecule has 1 amide bonds. The van der Waals surface area contributed by atoms with E-state index in [1.54, 1.807) is 0 Å². The normalized spacial score (nSPS) is 11.0. The molecule has 0 saturated heterocycles. The van der Waals surface area contributed by atoms with Crippen LogP contribution in [0.25, 0.3) is 0 Å². The number of amides is 1. The van der Waals surface area contributed by atoms with E-state index in [1.807, 2.05) is 0 Å². The summed E-state index contributed by atoms with van der Waals surface area (Å²) in [5.74, 6) is -1.32. The fraction of sp³-hybridized carbons (Fsp3) is 0.176. The Morgan fingerprint density at radius 2 is 1.82 bits per heavy atom. The molecule has 2 rings (SSSR count). The molecular weight excluding hydrogens is 401 g/mol. The van der Waals surface area contributed by atoms with Gasteiger partial charge in [0.25, 0.3) is 5.69 Å². The molecule has 2 aromatic carbocycles. The first-order chi connectivity index (χ1) is 13.1. The van der Waals surface area contributed by atoms with Crippen LogP contribution in [0.4, 0.5) is 24.5 Å². The molecule has 0 spiro atoms. The Kier molecular flexibility index (Phi) is 6.62. The molecule has 0 aliphatic carbocycles. The summed E-state index contributed by atoms with van der Waals surface area (Å²) in [5, 5.41) is 13.6. The lowest BCUT2D eigenvalue weighted by molar-refractivity contribution is -0.388. The van der Waals surface area contributed by atoms with Crippen LogP contribution in [0.1, 0.15) is 15.9 Å². The van der Waals surface area contributed by atoms with Gasteiger partial charge in [0.15, 0.2) is 0 Å². The van der Waals surface area contributed by atoms with E-state index in [0.29, 0.717) is 11.8 Å². The Bertz CT molecular complexity index is 901. The van der Waals surface area contributed by atoms with Gasteiger partial charge in [-0.25, -0.2) is 4.79 Å². The van der Waals surface area contributed by atoms with E-state index in [2.05, 4.69) is 10.1 Å². The molecule has 28 heavy (non-hydrogen) atoms. The quantitative estimate of drug-likeness (QED) is 0.330. The first kappa shape index (κ1) is 21.2. The topological polar surface area (TPSA) is 98.5 Å². The van der Waals surface area contributed by atoms with Crippen molar-refractivity contribution < 1.29 is 32.4 Å². The Morgan fingerprint density at radius 1 is 1.18 bits per heavy atom. The second kappa shape index (κ2) is 8.74. The van der Waals surface area contributed by atoms with Crippen molar-refractivity contribution >= 4 is 35.0 Å². The zero-order chi connectivity index (χ0) is 20.9. The summed E-state index contributed by atoms with van der Waals surface area (Å²) in [6, 6.07) is 7.93. The third-order valence-electron chi connectivity index (χ3n) is 3.43. The molecule has 11 heteroatoms. The number of nitro benzene ring substituents is 1. The first-order valence-electron chi connectivity index (χ1n) is 7.58. The Hall–Kier alpha value is -3.08. The fourth-order valence-corrected chi connectivity index (χ4v) is 2.91. The van der Waals surface area contributed by atoms with Crippen LogP contribution in [-0.2, 0) is 15.7 Å². The van der Waals surface area contributed by atoms with Crippen LogP contribution in [0.3, 0.4) is 0 Å². The van der Waals surface area contributed by atoms with Gasteiger partial charge in [-0.15, -0.1) is 11.8 Å². The molecule has 0 atom stereocenters. The lowest BCUT2D eigenvalue weighted by Crippen LogP contribution is -2.14. The first-order valence-corrected chi connectivity index (χ1v) is 8.57. The van der Waals surface area contributed by atoms with E-state index >= 15 is 0 Å². The predicted octanol–water partition coefficient (Wildman–Crippen LogP) is 4.13. The third kappa shape index (κ3) is 5.46. The summed E-state index contributed by atoms with van der Waals surface area (Å²) < 4.78 is 42.6. The highest BCUT2D eigenvalue weighted by atomic mass is 32.2. The maximum atomic E-state index is 12.7. The number of rotatable bonds is 6. The number of ether oxygens (including phenoxy) is 1. The molecule has 148 valence electrons. The zero-order valence-corrected chi connectivity index (χ0v) is 15.1. The fourth-order valence-electron chi connectivity index (χ4n) is 2.11. The molecular formula is C17H13F3N2O5S. The zero-order valence-electron chi connectivity index (χ0n) is 14.3. The van der Waals surface area contributed by atoms with Crippen LogP contribution >= 0.6 is 11.8 Å². The Labute approximate surface area is 161 Å². The smallest absolute Gasteiger partial charge is 0.416 e. The van der Waals surface area contributed by atoms with Gasteiger partial charge >= 0.3 is 12.1 Å². The van der Waals surface area contributed by atoms with E-state index in [4.69, 9.17) is 0 Å². The number of carbonyl (C=O) groups excluding carboxylic acids is 2. The number of hydrogen-bond acceptors (Lipinski definition) is 6. The van der Waals surface area contributed by atoms with Crippen molar-refractivity contribution in [3.05, 3.63) is 63.7 Å². The van der Waals surface area contributed by atoms with E-state index in [0.717, 1.165) is 23.9 Å². The van der Waals surface area contributed by atoms with Gasteiger partial charge in [0, 0.05) is 11.8 Å². The lowest BCUT2D eigenvalue weighted by atomic mass is 10.2. The summed E-state index contributed by atoms with van der Waals surface area (Å²) in [7, 11) is 1.23. The molecule has 0 heterocycles.